The molecule has 1 unspecified atom stereocenters. The van der Waals surface area contributed by atoms with Gasteiger partial charge in [0.2, 0.25) is 0 Å². The summed E-state index contributed by atoms with van der Waals surface area (Å²) in [4.78, 5) is 15.0. The van der Waals surface area contributed by atoms with E-state index in [9.17, 15) is 4.79 Å². The maximum atomic E-state index is 12.6. The number of rotatable bonds is 2. The molecule has 1 amide bonds. The summed E-state index contributed by atoms with van der Waals surface area (Å²) in [5.41, 5.74) is 7.63. The molecule has 1 saturated heterocycles. The Morgan fingerprint density at radius 3 is 2.95 bits per heavy atom. The number of likely N-dealkylation sites (tertiary alicyclic amines) is 1. The van der Waals surface area contributed by atoms with Gasteiger partial charge in [0, 0.05) is 22.6 Å². The van der Waals surface area contributed by atoms with E-state index >= 15 is 0 Å². The number of benzene rings is 1. The van der Waals surface area contributed by atoms with E-state index in [1.54, 1.807) is 0 Å². The number of thiocarbonyl (C=S) groups is 1. The molecule has 102 valence electrons. The molecule has 0 spiro atoms. The fourth-order valence-corrected chi connectivity index (χ4v) is 3.16. The Kier molecular flexibility index (Phi) is 4.78. The van der Waals surface area contributed by atoms with E-state index in [1.807, 2.05) is 30.0 Å². The normalized spacial score (nSPS) is 19.3. The van der Waals surface area contributed by atoms with E-state index < -0.39 is 0 Å². The van der Waals surface area contributed by atoms with Gasteiger partial charge in [-0.25, -0.2) is 0 Å². The lowest BCUT2D eigenvalue weighted by atomic mass is 9.97. The number of aryl methyl sites for hydroxylation is 1. The summed E-state index contributed by atoms with van der Waals surface area (Å²) in [6, 6.07) is 5.84. The van der Waals surface area contributed by atoms with Gasteiger partial charge in [-0.05, 0) is 54.0 Å². The second-order valence-corrected chi connectivity index (χ2v) is 6.48. The highest BCUT2D eigenvalue weighted by Gasteiger charge is 2.26. The molecule has 1 fully saturated rings. The molecule has 0 aliphatic carbocycles. The van der Waals surface area contributed by atoms with Crippen LogP contribution in [0.3, 0.4) is 0 Å². The van der Waals surface area contributed by atoms with Crippen molar-refractivity contribution in [3.05, 3.63) is 32.9 Å². The van der Waals surface area contributed by atoms with Crippen LogP contribution in [0, 0.1) is 16.4 Å². The van der Waals surface area contributed by atoms with Crippen LogP contribution >= 0.6 is 34.8 Å². The van der Waals surface area contributed by atoms with Crippen molar-refractivity contribution in [3.8, 4) is 0 Å². The minimum atomic E-state index is 0.0917. The van der Waals surface area contributed by atoms with Gasteiger partial charge in [0.1, 0.15) is 0 Å². The number of halogens is 1. The second-order valence-electron chi connectivity index (χ2n) is 4.93. The van der Waals surface area contributed by atoms with Crippen molar-refractivity contribution in [3.63, 3.8) is 0 Å². The number of hydrogen-bond acceptors (Lipinski definition) is 2. The van der Waals surface area contributed by atoms with Crippen LogP contribution in [0.4, 0.5) is 0 Å². The van der Waals surface area contributed by atoms with E-state index in [-0.39, 0.29) is 11.8 Å². The average molecular weight is 388 g/mol. The van der Waals surface area contributed by atoms with E-state index in [0.717, 1.165) is 34.1 Å². The average Bonchev–Trinajstić information content (AvgIpc) is 2.41. The predicted octanol–water partition coefficient (Wildman–Crippen LogP) is 2.74. The third-order valence-electron chi connectivity index (χ3n) is 3.53. The van der Waals surface area contributed by atoms with E-state index in [4.69, 9.17) is 18.0 Å². The molecular formula is C14H17IN2OS. The maximum absolute atomic E-state index is 12.6. The Labute approximate surface area is 132 Å². The van der Waals surface area contributed by atoms with Crippen molar-refractivity contribution >= 4 is 45.7 Å². The number of carbonyl (C=O) groups is 1. The number of amides is 1. The molecule has 5 heteroatoms. The first-order valence-electron chi connectivity index (χ1n) is 6.34. The maximum Gasteiger partial charge on any atom is 0.254 e. The van der Waals surface area contributed by atoms with Crippen LogP contribution in [0.1, 0.15) is 28.8 Å². The Morgan fingerprint density at radius 1 is 1.53 bits per heavy atom. The van der Waals surface area contributed by atoms with Crippen molar-refractivity contribution in [2.24, 2.45) is 11.7 Å². The van der Waals surface area contributed by atoms with Crippen LogP contribution in [0.5, 0.6) is 0 Å². The number of carbonyl (C=O) groups excluding carboxylic acids is 1. The molecule has 0 saturated carbocycles. The van der Waals surface area contributed by atoms with E-state index in [0.29, 0.717) is 11.5 Å². The Bertz CT molecular complexity index is 518. The van der Waals surface area contributed by atoms with Crippen LogP contribution in [0.15, 0.2) is 18.2 Å². The molecule has 1 atom stereocenters. The molecule has 2 N–H and O–H groups in total. The first kappa shape index (κ1) is 14.7. The lowest BCUT2D eigenvalue weighted by Gasteiger charge is -2.32. The first-order valence-corrected chi connectivity index (χ1v) is 7.83. The Balaban J connectivity index is 2.19. The summed E-state index contributed by atoms with van der Waals surface area (Å²) < 4.78 is 1.03. The van der Waals surface area contributed by atoms with Crippen molar-refractivity contribution in [2.45, 2.75) is 19.8 Å². The van der Waals surface area contributed by atoms with Crippen molar-refractivity contribution in [1.82, 2.24) is 4.90 Å². The summed E-state index contributed by atoms with van der Waals surface area (Å²) in [5, 5.41) is 0. The fourth-order valence-electron chi connectivity index (χ4n) is 2.38. The zero-order valence-corrected chi connectivity index (χ0v) is 13.8. The van der Waals surface area contributed by atoms with Gasteiger partial charge >= 0.3 is 0 Å². The minimum Gasteiger partial charge on any atom is -0.393 e. The minimum absolute atomic E-state index is 0.0917. The van der Waals surface area contributed by atoms with Crippen molar-refractivity contribution in [2.75, 3.05) is 13.1 Å². The molecule has 0 bridgehead atoms. The van der Waals surface area contributed by atoms with Crippen molar-refractivity contribution in [1.29, 1.82) is 0 Å². The standard InChI is InChI=1S/C14H17IN2OS/c1-9-4-2-6-11(12(9)15)14(18)17-7-3-5-10(8-17)13(16)19/h2,4,6,10H,3,5,7-8H2,1H3,(H2,16,19). The first-order chi connectivity index (χ1) is 9.00. The SMILES string of the molecule is Cc1cccc(C(=O)N2CCCC(C(N)=S)C2)c1I. The summed E-state index contributed by atoms with van der Waals surface area (Å²) in [7, 11) is 0. The molecule has 1 heterocycles. The molecule has 3 nitrogen and oxygen atoms in total. The predicted molar refractivity (Wildman–Crippen MR) is 89.3 cm³/mol. The van der Waals surface area contributed by atoms with Gasteiger partial charge in [0.05, 0.1) is 10.6 Å². The summed E-state index contributed by atoms with van der Waals surface area (Å²) in [5.74, 6) is 0.254. The number of nitrogens with two attached hydrogens (primary N) is 1. The van der Waals surface area contributed by atoms with Crippen LogP contribution in [0.25, 0.3) is 0 Å². The summed E-state index contributed by atoms with van der Waals surface area (Å²) in [6.07, 6.45) is 1.96. The van der Waals surface area contributed by atoms with Crippen LogP contribution in [-0.2, 0) is 0 Å². The lowest BCUT2D eigenvalue weighted by molar-refractivity contribution is 0.0702. The lowest BCUT2D eigenvalue weighted by Crippen LogP contribution is -2.43. The molecule has 2 rings (SSSR count). The number of hydrogen-bond donors (Lipinski definition) is 1. The largest absolute Gasteiger partial charge is 0.393 e. The quantitative estimate of drug-likeness (QED) is 0.626. The highest BCUT2D eigenvalue weighted by atomic mass is 127. The van der Waals surface area contributed by atoms with Gasteiger partial charge < -0.3 is 10.6 Å². The third kappa shape index (κ3) is 3.25. The van der Waals surface area contributed by atoms with Gasteiger partial charge in [0.15, 0.2) is 0 Å². The molecule has 1 aromatic carbocycles. The molecule has 1 aromatic rings. The van der Waals surface area contributed by atoms with Gasteiger partial charge in [-0.2, -0.15) is 0 Å². The second kappa shape index (κ2) is 6.17. The van der Waals surface area contributed by atoms with Gasteiger partial charge in [-0.3, -0.25) is 4.79 Å². The monoisotopic (exact) mass is 388 g/mol. The molecule has 19 heavy (non-hydrogen) atoms. The number of nitrogens with zero attached hydrogens (tertiary/aromatic N) is 1. The molecule has 0 radical (unpaired) electrons. The highest BCUT2D eigenvalue weighted by molar-refractivity contribution is 14.1. The Morgan fingerprint density at radius 2 is 2.26 bits per heavy atom. The molecular weight excluding hydrogens is 371 g/mol. The van der Waals surface area contributed by atoms with Crippen LogP contribution in [-0.4, -0.2) is 28.9 Å². The van der Waals surface area contributed by atoms with Gasteiger partial charge in [-0.1, -0.05) is 24.4 Å². The number of piperidine rings is 1. The van der Waals surface area contributed by atoms with Crippen LogP contribution in [0.2, 0.25) is 0 Å². The van der Waals surface area contributed by atoms with E-state index in [1.165, 1.54) is 0 Å². The van der Waals surface area contributed by atoms with Crippen molar-refractivity contribution < 1.29 is 4.79 Å². The zero-order chi connectivity index (χ0) is 14.0. The fraction of sp³-hybridized carbons (Fsp3) is 0.429. The molecule has 1 aliphatic heterocycles. The molecule has 0 aromatic heterocycles. The topological polar surface area (TPSA) is 46.3 Å². The van der Waals surface area contributed by atoms with Gasteiger partial charge in [-0.15, -0.1) is 0 Å². The molecule has 1 aliphatic rings. The summed E-state index contributed by atoms with van der Waals surface area (Å²) in [6.45, 7) is 3.47. The highest BCUT2D eigenvalue weighted by Crippen LogP contribution is 2.22. The Hall–Kier alpha value is -0.690. The smallest absolute Gasteiger partial charge is 0.254 e. The third-order valence-corrected chi connectivity index (χ3v) is 5.30. The van der Waals surface area contributed by atoms with Gasteiger partial charge in [0.25, 0.3) is 5.91 Å². The zero-order valence-electron chi connectivity index (χ0n) is 10.9. The summed E-state index contributed by atoms with van der Waals surface area (Å²) >= 11 is 7.29. The van der Waals surface area contributed by atoms with E-state index in [2.05, 4.69) is 22.6 Å². The van der Waals surface area contributed by atoms with Crippen LogP contribution < -0.4 is 5.73 Å².